The summed E-state index contributed by atoms with van der Waals surface area (Å²) in [4.78, 5) is 27.2. The van der Waals surface area contributed by atoms with E-state index < -0.39 is 11.8 Å². The Kier molecular flexibility index (Phi) is 7.00. The number of H-pyrrole nitrogens is 1. The van der Waals surface area contributed by atoms with Crippen LogP contribution in [0.2, 0.25) is 0 Å². The molecule has 0 amide bonds. The van der Waals surface area contributed by atoms with Crippen LogP contribution in [-0.4, -0.2) is 36.2 Å². The molecule has 0 aliphatic rings. The average molecular weight is 445 g/mol. The molecule has 6 nitrogen and oxygen atoms in total. The van der Waals surface area contributed by atoms with Gasteiger partial charge in [0.15, 0.2) is 0 Å². The normalized spacial score (nSPS) is 12.1. The van der Waals surface area contributed by atoms with E-state index in [0.717, 1.165) is 10.0 Å². The molecule has 1 unspecified atom stereocenters. The van der Waals surface area contributed by atoms with E-state index in [0.29, 0.717) is 16.6 Å². The second-order valence-electron chi connectivity index (χ2n) is 6.12. The number of hydrogen-bond acceptors (Lipinski definition) is 4. The van der Waals surface area contributed by atoms with Gasteiger partial charge in [0.25, 0.3) is 0 Å². The molecule has 146 valence electrons. The van der Waals surface area contributed by atoms with Crippen LogP contribution < -0.4 is 20.3 Å². The summed E-state index contributed by atoms with van der Waals surface area (Å²) in [6, 6.07) is 19.1. The standard InChI is InChI=1S/C21H22N2O4Se/c1-2-17-19(25)22-21(26)23(20(17)28-16-11-7-4-8-12-16)14-27-18(13-24)15-9-5-3-6-10-15/h3-12,18,24H,2,13-14H2,1H3,(H,22,25,26). The first-order valence-electron chi connectivity index (χ1n) is 9.00. The van der Waals surface area contributed by atoms with Crippen molar-refractivity contribution in [1.29, 1.82) is 0 Å². The summed E-state index contributed by atoms with van der Waals surface area (Å²) >= 11 is -0.231. The fraction of sp³-hybridized carbons (Fsp3) is 0.238. The number of aliphatic hydroxyl groups is 1. The quantitative estimate of drug-likeness (QED) is 0.494. The molecule has 0 aliphatic heterocycles. The summed E-state index contributed by atoms with van der Waals surface area (Å²) in [5.41, 5.74) is 0.568. The number of nitrogens with one attached hydrogen (secondary N) is 1. The van der Waals surface area contributed by atoms with Crippen molar-refractivity contribution in [2.24, 2.45) is 0 Å². The Morgan fingerprint density at radius 1 is 1.07 bits per heavy atom. The van der Waals surface area contributed by atoms with Gasteiger partial charge in [0.2, 0.25) is 0 Å². The van der Waals surface area contributed by atoms with E-state index in [1.807, 2.05) is 67.6 Å². The molecule has 1 aromatic heterocycles. The van der Waals surface area contributed by atoms with E-state index in [2.05, 4.69) is 4.98 Å². The third kappa shape index (κ3) is 4.69. The minimum absolute atomic E-state index is 0.0490. The maximum atomic E-state index is 12.5. The van der Waals surface area contributed by atoms with Gasteiger partial charge in [0.05, 0.1) is 0 Å². The van der Waals surface area contributed by atoms with Gasteiger partial charge < -0.3 is 0 Å². The molecule has 2 N–H and O–H groups in total. The predicted octanol–water partition coefficient (Wildman–Crippen LogP) is 0.462. The molecular formula is C21H22N2O4Se. The van der Waals surface area contributed by atoms with Gasteiger partial charge in [-0.2, -0.15) is 0 Å². The SMILES string of the molecule is CCc1c([Se]c2ccccc2)n(COC(CO)c2ccccc2)c(=O)[nH]c1=O. The summed E-state index contributed by atoms with van der Waals surface area (Å²) in [6.07, 6.45) is -0.0380. The summed E-state index contributed by atoms with van der Waals surface area (Å²) in [5, 5.41) is 9.71. The molecule has 0 spiro atoms. The average Bonchev–Trinajstić information content (AvgIpc) is 2.72. The molecule has 0 saturated heterocycles. The van der Waals surface area contributed by atoms with E-state index in [-0.39, 0.29) is 33.9 Å². The van der Waals surface area contributed by atoms with Crippen molar-refractivity contribution in [2.45, 2.75) is 26.2 Å². The van der Waals surface area contributed by atoms with Gasteiger partial charge in [-0.15, -0.1) is 0 Å². The molecule has 0 radical (unpaired) electrons. The van der Waals surface area contributed by atoms with Crippen molar-refractivity contribution in [3.8, 4) is 0 Å². The third-order valence-electron chi connectivity index (χ3n) is 4.30. The van der Waals surface area contributed by atoms with Gasteiger partial charge in [-0.05, 0) is 0 Å². The zero-order valence-corrected chi connectivity index (χ0v) is 17.2. The number of benzene rings is 2. The molecule has 7 heteroatoms. The van der Waals surface area contributed by atoms with Gasteiger partial charge in [0, 0.05) is 0 Å². The zero-order chi connectivity index (χ0) is 19.9. The van der Waals surface area contributed by atoms with E-state index in [4.69, 9.17) is 4.74 Å². The van der Waals surface area contributed by atoms with Crippen molar-refractivity contribution in [3.05, 3.63) is 92.6 Å². The van der Waals surface area contributed by atoms with E-state index in [1.54, 1.807) is 0 Å². The van der Waals surface area contributed by atoms with E-state index in [1.165, 1.54) is 4.57 Å². The van der Waals surface area contributed by atoms with Gasteiger partial charge in [-0.25, -0.2) is 0 Å². The number of rotatable bonds is 8. The minimum atomic E-state index is -0.554. The number of nitrogens with zero attached hydrogens (tertiary/aromatic N) is 1. The van der Waals surface area contributed by atoms with Crippen molar-refractivity contribution in [1.82, 2.24) is 9.55 Å². The number of ether oxygens (including phenoxy) is 1. The van der Waals surface area contributed by atoms with E-state index in [9.17, 15) is 14.7 Å². The van der Waals surface area contributed by atoms with Crippen molar-refractivity contribution in [3.63, 3.8) is 0 Å². The van der Waals surface area contributed by atoms with Crippen LogP contribution in [0.5, 0.6) is 0 Å². The molecule has 1 atom stereocenters. The van der Waals surface area contributed by atoms with E-state index >= 15 is 0 Å². The number of aromatic nitrogens is 2. The Balaban J connectivity index is 1.95. The molecule has 0 fully saturated rings. The Morgan fingerprint density at radius 3 is 2.32 bits per heavy atom. The number of hydrogen-bond donors (Lipinski definition) is 2. The Morgan fingerprint density at radius 2 is 1.71 bits per heavy atom. The summed E-state index contributed by atoms with van der Waals surface area (Å²) in [5.74, 6) is 0. The Hall–Kier alpha value is -2.44. The second-order valence-corrected chi connectivity index (χ2v) is 8.35. The first-order chi connectivity index (χ1) is 13.6. The fourth-order valence-electron chi connectivity index (χ4n) is 2.82. The van der Waals surface area contributed by atoms with Gasteiger partial charge in [-0.3, -0.25) is 0 Å². The molecule has 3 rings (SSSR count). The molecule has 2 aromatic carbocycles. The monoisotopic (exact) mass is 446 g/mol. The predicted molar refractivity (Wildman–Crippen MR) is 110 cm³/mol. The molecule has 3 aromatic rings. The van der Waals surface area contributed by atoms with Crippen molar-refractivity contribution >= 4 is 24.0 Å². The molecule has 1 heterocycles. The fourth-order valence-corrected chi connectivity index (χ4v) is 5.18. The Labute approximate surface area is 169 Å². The molecule has 0 aliphatic carbocycles. The van der Waals surface area contributed by atoms with Crippen LogP contribution in [0.15, 0.2) is 70.3 Å². The topological polar surface area (TPSA) is 84.3 Å². The zero-order valence-electron chi connectivity index (χ0n) is 15.5. The van der Waals surface area contributed by atoms with Crippen LogP contribution in [0.4, 0.5) is 0 Å². The third-order valence-corrected chi connectivity index (χ3v) is 6.75. The number of aliphatic hydroxyl groups excluding tert-OH is 1. The van der Waals surface area contributed by atoms with Crippen LogP contribution in [0.1, 0.15) is 24.2 Å². The summed E-state index contributed by atoms with van der Waals surface area (Å²) in [6.45, 7) is 1.64. The number of aromatic amines is 1. The molecule has 0 bridgehead atoms. The maximum absolute atomic E-state index is 12.5. The van der Waals surface area contributed by atoms with Gasteiger partial charge in [0.1, 0.15) is 0 Å². The first-order valence-corrected chi connectivity index (χ1v) is 10.7. The van der Waals surface area contributed by atoms with Crippen LogP contribution in [0.3, 0.4) is 0 Å². The van der Waals surface area contributed by atoms with Gasteiger partial charge >= 0.3 is 169 Å². The van der Waals surface area contributed by atoms with Crippen molar-refractivity contribution in [2.75, 3.05) is 6.61 Å². The van der Waals surface area contributed by atoms with Crippen LogP contribution in [-0.2, 0) is 17.9 Å². The first kappa shape index (κ1) is 20.3. The van der Waals surface area contributed by atoms with Crippen LogP contribution >= 0.6 is 0 Å². The van der Waals surface area contributed by atoms with Crippen LogP contribution in [0, 0.1) is 0 Å². The summed E-state index contributed by atoms with van der Waals surface area (Å²) in [7, 11) is 0. The van der Waals surface area contributed by atoms with Crippen molar-refractivity contribution < 1.29 is 9.84 Å². The Bertz CT molecular complexity index is 1020. The molecule has 0 saturated carbocycles. The van der Waals surface area contributed by atoms with Gasteiger partial charge in [-0.1, -0.05) is 0 Å². The summed E-state index contributed by atoms with van der Waals surface area (Å²) < 4.78 is 9.09. The van der Waals surface area contributed by atoms with Crippen LogP contribution in [0.25, 0.3) is 0 Å². The molecular weight excluding hydrogens is 423 g/mol. The second kappa shape index (κ2) is 9.66. The molecule has 28 heavy (non-hydrogen) atoms.